The van der Waals surface area contributed by atoms with Crippen LogP contribution in [0.25, 0.3) is 5.84 Å². The van der Waals surface area contributed by atoms with Gasteiger partial charge in [0.2, 0.25) is 0 Å². The van der Waals surface area contributed by atoms with Crippen molar-refractivity contribution in [1.82, 2.24) is 9.38 Å². The highest BCUT2D eigenvalue weighted by Gasteiger charge is 2.19. The van der Waals surface area contributed by atoms with Crippen molar-refractivity contribution in [2.24, 2.45) is 5.73 Å². The third-order valence-corrected chi connectivity index (χ3v) is 3.09. The highest BCUT2D eigenvalue weighted by Crippen LogP contribution is 2.24. The summed E-state index contributed by atoms with van der Waals surface area (Å²) in [6, 6.07) is 0. The van der Waals surface area contributed by atoms with Crippen LogP contribution in [0, 0.1) is 0 Å². The van der Waals surface area contributed by atoms with E-state index in [4.69, 9.17) is 10.2 Å². The number of nitrogens with zero attached hydrogens (tertiary/aromatic N) is 2. The number of aromatic nitrogens is 2. The fourth-order valence-corrected chi connectivity index (χ4v) is 2.38. The van der Waals surface area contributed by atoms with Crippen LogP contribution in [0.3, 0.4) is 0 Å². The van der Waals surface area contributed by atoms with Crippen LogP contribution in [0.5, 0.6) is 0 Å². The predicted molar refractivity (Wildman–Crippen MR) is 56.9 cm³/mol. The minimum Gasteiger partial charge on any atom is -0.431 e. The monoisotopic (exact) mass is 205 g/mol. The molecule has 2 heterocycles. The SMILES string of the molecule is NCCc1coc2nc3c(n12)CCCC3. The first-order valence-electron chi connectivity index (χ1n) is 5.57. The number of imidazole rings is 1. The first-order valence-corrected chi connectivity index (χ1v) is 5.57. The number of oxazole rings is 1. The van der Waals surface area contributed by atoms with Crippen LogP contribution >= 0.6 is 0 Å². The van der Waals surface area contributed by atoms with Gasteiger partial charge < -0.3 is 10.2 Å². The molecule has 0 bridgehead atoms. The summed E-state index contributed by atoms with van der Waals surface area (Å²) in [5, 5.41) is 0. The fraction of sp³-hybridized carbons (Fsp3) is 0.545. The lowest BCUT2D eigenvalue weighted by molar-refractivity contribution is 0.592. The number of rotatable bonds is 2. The number of nitrogens with two attached hydrogens (primary N) is 1. The molecule has 4 nitrogen and oxygen atoms in total. The molecule has 0 unspecified atom stereocenters. The van der Waals surface area contributed by atoms with E-state index in [1.54, 1.807) is 6.26 Å². The van der Waals surface area contributed by atoms with E-state index in [9.17, 15) is 0 Å². The normalized spacial score (nSPS) is 15.8. The first-order chi connectivity index (χ1) is 7.40. The maximum Gasteiger partial charge on any atom is 0.306 e. The van der Waals surface area contributed by atoms with Crippen molar-refractivity contribution in [2.75, 3.05) is 6.54 Å². The Labute approximate surface area is 88.1 Å². The Balaban J connectivity index is 2.18. The van der Waals surface area contributed by atoms with E-state index in [2.05, 4.69) is 9.38 Å². The molecule has 1 aliphatic rings. The van der Waals surface area contributed by atoms with E-state index in [-0.39, 0.29) is 0 Å². The summed E-state index contributed by atoms with van der Waals surface area (Å²) < 4.78 is 7.60. The number of hydrogen-bond donors (Lipinski definition) is 1. The maximum atomic E-state index is 5.58. The van der Waals surface area contributed by atoms with Crippen LogP contribution < -0.4 is 5.73 Å². The minimum atomic E-state index is 0.654. The molecule has 2 N–H and O–H groups in total. The van der Waals surface area contributed by atoms with Crippen molar-refractivity contribution < 1.29 is 4.42 Å². The number of fused-ring (bicyclic) bond motifs is 3. The lowest BCUT2D eigenvalue weighted by Crippen LogP contribution is -2.08. The Morgan fingerprint density at radius 3 is 3.13 bits per heavy atom. The zero-order valence-corrected chi connectivity index (χ0v) is 8.70. The van der Waals surface area contributed by atoms with E-state index >= 15 is 0 Å². The molecule has 0 aromatic carbocycles. The van der Waals surface area contributed by atoms with Crippen LogP contribution in [0.1, 0.15) is 29.9 Å². The van der Waals surface area contributed by atoms with Crippen LogP contribution in [-0.4, -0.2) is 15.9 Å². The second kappa shape index (κ2) is 3.38. The summed E-state index contributed by atoms with van der Waals surface area (Å²) in [6.45, 7) is 0.654. The van der Waals surface area contributed by atoms with Crippen molar-refractivity contribution >= 4 is 5.84 Å². The third kappa shape index (κ3) is 1.28. The molecule has 0 atom stereocenters. The molecule has 1 aliphatic carbocycles. The molecular formula is C11H15N3O. The second-order valence-electron chi connectivity index (χ2n) is 4.10. The van der Waals surface area contributed by atoms with Gasteiger partial charge in [0.05, 0.1) is 11.4 Å². The van der Waals surface area contributed by atoms with Crippen LogP contribution in [0.15, 0.2) is 10.7 Å². The molecule has 0 fully saturated rings. The molecule has 0 spiro atoms. The van der Waals surface area contributed by atoms with Gasteiger partial charge in [-0.05, 0) is 32.2 Å². The topological polar surface area (TPSA) is 56.5 Å². The van der Waals surface area contributed by atoms with Gasteiger partial charge in [0.15, 0.2) is 0 Å². The Bertz CT molecular complexity index is 483. The molecule has 0 aliphatic heterocycles. The molecule has 15 heavy (non-hydrogen) atoms. The van der Waals surface area contributed by atoms with E-state index < -0.39 is 0 Å². The lowest BCUT2D eigenvalue weighted by atomic mass is 10.0. The summed E-state index contributed by atoms with van der Waals surface area (Å²) in [5.41, 5.74) is 9.30. The molecule has 2 aromatic rings. The standard InChI is InChI=1S/C11H15N3O/c12-6-5-8-7-15-11-13-9-3-1-2-4-10(9)14(8)11/h7H,1-6,12H2. The largest absolute Gasteiger partial charge is 0.431 e. The van der Waals surface area contributed by atoms with Gasteiger partial charge in [-0.3, -0.25) is 4.40 Å². The Morgan fingerprint density at radius 1 is 1.40 bits per heavy atom. The molecule has 80 valence electrons. The van der Waals surface area contributed by atoms with Crippen LogP contribution in [0.4, 0.5) is 0 Å². The summed E-state index contributed by atoms with van der Waals surface area (Å²) in [7, 11) is 0. The van der Waals surface area contributed by atoms with Crippen molar-refractivity contribution in [3.8, 4) is 0 Å². The molecule has 0 saturated carbocycles. The summed E-state index contributed by atoms with van der Waals surface area (Å²) >= 11 is 0. The van der Waals surface area contributed by atoms with Crippen molar-refractivity contribution in [2.45, 2.75) is 32.1 Å². The zero-order valence-electron chi connectivity index (χ0n) is 8.70. The summed E-state index contributed by atoms with van der Waals surface area (Å²) in [5.74, 6) is 0.741. The molecule has 2 aromatic heterocycles. The molecule has 0 saturated heterocycles. The van der Waals surface area contributed by atoms with E-state index in [0.29, 0.717) is 6.54 Å². The average molecular weight is 205 g/mol. The highest BCUT2D eigenvalue weighted by molar-refractivity contribution is 5.37. The van der Waals surface area contributed by atoms with Crippen LogP contribution in [-0.2, 0) is 19.3 Å². The van der Waals surface area contributed by atoms with E-state index in [0.717, 1.165) is 30.8 Å². The maximum absolute atomic E-state index is 5.58. The van der Waals surface area contributed by atoms with E-state index in [1.807, 2.05) is 0 Å². The van der Waals surface area contributed by atoms with Gasteiger partial charge in [0.25, 0.3) is 0 Å². The predicted octanol–water partition coefficient (Wildman–Crippen LogP) is 1.31. The summed E-state index contributed by atoms with van der Waals surface area (Å²) in [6.07, 6.45) is 7.36. The van der Waals surface area contributed by atoms with Gasteiger partial charge in [0, 0.05) is 12.1 Å². The van der Waals surface area contributed by atoms with Crippen molar-refractivity contribution in [1.29, 1.82) is 0 Å². The van der Waals surface area contributed by atoms with Crippen molar-refractivity contribution in [3.63, 3.8) is 0 Å². The van der Waals surface area contributed by atoms with Crippen LogP contribution in [0.2, 0.25) is 0 Å². The Morgan fingerprint density at radius 2 is 2.27 bits per heavy atom. The van der Waals surface area contributed by atoms with Gasteiger partial charge in [0.1, 0.15) is 6.26 Å². The van der Waals surface area contributed by atoms with Gasteiger partial charge in [-0.2, -0.15) is 4.98 Å². The lowest BCUT2D eigenvalue weighted by Gasteiger charge is -2.10. The highest BCUT2D eigenvalue weighted by atomic mass is 16.3. The quantitative estimate of drug-likeness (QED) is 0.804. The van der Waals surface area contributed by atoms with E-state index in [1.165, 1.54) is 24.2 Å². The molecule has 0 amide bonds. The van der Waals surface area contributed by atoms with Gasteiger partial charge in [-0.1, -0.05) is 0 Å². The molecule has 0 radical (unpaired) electrons. The smallest absolute Gasteiger partial charge is 0.306 e. The number of aryl methyl sites for hydroxylation is 2. The number of hydrogen-bond acceptors (Lipinski definition) is 3. The second-order valence-corrected chi connectivity index (χ2v) is 4.10. The van der Waals surface area contributed by atoms with Gasteiger partial charge in [-0.25, -0.2) is 0 Å². The minimum absolute atomic E-state index is 0.654. The average Bonchev–Trinajstić information content (AvgIpc) is 2.78. The zero-order chi connectivity index (χ0) is 10.3. The molecule has 4 heteroatoms. The molecular weight excluding hydrogens is 190 g/mol. The first kappa shape index (κ1) is 8.97. The van der Waals surface area contributed by atoms with Crippen molar-refractivity contribution in [3.05, 3.63) is 23.3 Å². The Kier molecular flexibility index (Phi) is 2.02. The van der Waals surface area contributed by atoms with Gasteiger partial charge in [-0.15, -0.1) is 0 Å². The van der Waals surface area contributed by atoms with Gasteiger partial charge >= 0.3 is 5.84 Å². The molecule has 3 rings (SSSR count). The fourth-order valence-electron chi connectivity index (χ4n) is 2.38. The Hall–Kier alpha value is -1.29. The third-order valence-electron chi connectivity index (χ3n) is 3.09. The summed E-state index contributed by atoms with van der Waals surface area (Å²) in [4.78, 5) is 4.51.